The first-order valence-corrected chi connectivity index (χ1v) is 15.8. The van der Waals surface area contributed by atoms with E-state index in [0.29, 0.717) is 11.5 Å². The Morgan fingerprint density at radius 2 is 1.88 bits per heavy atom. The number of nitrogens with zero attached hydrogens (tertiary/aromatic N) is 2. The van der Waals surface area contributed by atoms with Gasteiger partial charge in [0.15, 0.2) is 23.4 Å². The number of oxazole rings is 2. The van der Waals surface area contributed by atoms with Gasteiger partial charge in [-0.25, -0.2) is 14.8 Å². The van der Waals surface area contributed by atoms with Crippen LogP contribution in [0.4, 0.5) is 5.69 Å². The third kappa shape index (κ3) is 4.83. The molecule has 48 heavy (non-hydrogen) atoms. The summed E-state index contributed by atoms with van der Waals surface area (Å²) in [5.41, 5.74) is 1.57. The van der Waals surface area contributed by atoms with Crippen molar-refractivity contribution in [2.24, 2.45) is 11.3 Å². The summed E-state index contributed by atoms with van der Waals surface area (Å²) in [7, 11) is 1.25. The van der Waals surface area contributed by atoms with Gasteiger partial charge in [0.1, 0.15) is 35.6 Å². The molecule has 5 atom stereocenters. The van der Waals surface area contributed by atoms with Crippen LogP contribution in [0.1, 0.15) is 79.5 Å². The molecule has 13 heteroatoms. The van der Waals surface area contributed by atoms with Gasteiger partial charge in [-0.05, 0) is 34.6 Å². The molecule has 0 aliphatic carbocycles. The van der Waals surface area contributed by atoms with Gasteiger partial charge in [-0.2, -0.15) is 0 Å². The number of methoxy groups -OCH3 is 1. The van der Waals surface area contributed by atoms with E-state index in [0.717, 1.165) is 22.4 Å². The fourth-order valence-corrected chi connectivity index (χ4v) is 6.70. The van der Waals surface area contributed by atoms with Crippen molar-refractivity contribution in [2.75, 3.05) is 12.4 Å². The van der Waals surface area contributed by atoms with Gasteiger partial charge < -0.3 is 39.4 Å². The van der Waals surface area contributed by atoms with Gasteiger partial charge in [0.25, 0.3) is 0 Å². The van der Waals surface area contributed by atoms with Crippen LogP contribution in [0.15, 0.2) is 57.6 Å². The molecule has 2 aromatic carbocycles. The van der Waals surface area contributed by atoms with Gasteiger partial charge >= 0.3 is 5.97 Å². The maximum atomic E-state index is 14.1. The predicted molar refractivity (Wildman–Crippen MR) is 171 cm³/mol. The van der Waals surface area contributed by atoms with Gasteiger partial charge in [0, 0.05) is 17.7 Å². The van der Waals surface area contributed by atoms with Crippen LogP contribution in [-0.2, 0) is 26.2 Å². The quantitative estimate of drug-likeness (QED) is 0.230. The smallest absolute Gasteiger partial charge is 0.360 e. The third-order valence-electron chi connectivity index (χ3n) is 9.22. The van der Waals surface area contributed by atoms with Crippen LogP contribution in [0.5, 0.6) is 5.75 Å². The zero-order valence-electron chi connectivity index (χ0n) is 27.4. The lowest BCUT2D eigenvalue weighted by molar-refractivity contribution is -0.136. The Balaban J connectivity index is 1.49. The van der Waals surface area contributed by atoms with Crippen LogP contribution in [0, 0.1) is 11.3 Å². The zero-order valence-corrected chi connectivity index (χ0v) is 27.4. The number of fused-ring (bicyclic) bond motifs is 4. The number of esters is 1. The monoisotopic (exact) mass is 655 g/mol. The van der Waals surface area contributed by atoms with Crippen LogP contribution < -0.4 is 20.7 Å². The first-order valence-electron chi connectivity index (χ1n) is 15.8. The number of aliphatic hydroxyl groups is 1. The van der Waals surface area contributed by atoms with Crippen molar-refractivity contribution in [3.63, 3.8) is 0 Å². The summed E-state index contributed by atoms with van der Waals surface area (Å²) in [4.78, 5) is 48.9. The van der Waals surface area contributed by atoms with E-state index in [9.17, 15) is 19.5 Å². The predicted octanol–water partition coefficient (Wildman–Crippen LogP) is 3.86. The number of aliphatic hydroxyl groups excluding tert-OH is 1. The van der Waals surface area contributed by atoms with Crippen LogP contribution >= 0.6 is 0 Å². The average Bonchev–Trinajstić information content (AvgIpc) is 3.82. The normalized spacial score (nSPS) is 23.1. The average molecular weight is 656 g/mol. The molecule has 1 spiro atoms. The Morgan fingerprint density at radius 3 is 2.60 bits per heavy atom. The lowest BCUT2D eigenvalue weighted by Gasteiger charge is -2.32. The molecule has 4 N–H and O–H groups in total. The zero-order chi connectivity index (χ0) is 34.1. The van der Waals surface area contributed by atoms with Gasteiger partial charge in [-0.15, -0.1) is 0 Å². The number of anilines is 1. The Kier molecular flexibility index (Phi) is 7.35. The van der Waals surface area contributed by atoms with E-state index in [2.05, 4.69) is 20.9 Å². The van der Waals surface area contributed by atoms with E-state index >= 15 is 0 Å². The van der Waals surface area contributed by atoms with Gasteiger partial charge in [-0.3, -0.25) is 9.59 Å². The number of aromatic nitrogens is 2. The highest BCUT2D eigenvalue weighted by atomic mass is 16.5. The number of amides is 2. The number of rotatable bonds is 5. The molecule has 2 unspecified atom stereocenters. The molecule has 7 rings (SSSR count). The van der Waals surface area contributed by atoms with Gasteiger partial charge in [-0.1, -0.05) is 65.0 Å². The maximum Gasteiger partial charge on any atom is 0.360 e. The molecule has 2 aromatic heterocycles. The minimum Gasteiger partial charge on any atom is -0.469 e. The highest BCUT2D eigenvalue weighted by Gasteiger charge is 2.61. The lowest BCUT2D eigenvalue weighted by Crippen LogP contribution is -2.53. The molecule has 4 bridgehead atoms. The van der Waals surface area contributed by atoms with Crippen LogP contribution in [-0.4, -0.2) is 58.3 Å². The Bertz CT molecular complexity index is 1940. The molecule has 0 saturated carbocycles. The standard InChI is InChI=1S/C35H37N5O8/c1-16(2)25(41)29(43)36-21-14-17-11-12-23-19(13-17)35(18-9-7-8-10-20(18)38-33(35)47-23)27-24(30-37-22(15-46-30)32(44)45-6)39-31(48-27)26(34(3,4)5)40-28(21)42/h7-13,15-16,21,25-26,33,38,41H,14H2,1-6H3,(H,36,43)(H,40,42)/t21-,25-,26+,33?,35?/m0/s1. The van der Waals surface area contributed by atoms with E-state index in [1.165, 1.54) is 13.4 Å². The van der Waals surface area contributed by atoms with Crippen LogP contribution in [0.25, 0.3) is 11.6 Å². The molecule has 2 amide bonds. The van der Waals surface area contributed by atoms with Crippen LogP contribution in [0.2, 0.25) is 0 Å². The summed E-state index contributed by atoms with van der Waals surface area (Å²) in [6.45, 7) is 9.24. The molecule has 0 fully saturated rings. The molecule has 0 radical (unpaired) electrons. The summed E-state index contributed by atoms with van der Waals surface area (Å²) in [6.07, 6.45) is -0.646. The number of ether oxygens (including phenoxy) is 2. The number of carbonyl (C=O) groups excluding carboxylic acids is 3. The van der Waals surface area contributed by atoms with E-state index in [4.69, 9.17) is 23.3 Å². The molecular formula is C35H37N5O8. The number of benzene rings is 2. The molecule has 3 aliphatic rings. The second kappa shape index (κ2) is 11.2. The Morgan fingerprint density at radius 1 is 1.10 bits per heavy atom. The van der Waals surface area contributed by atoms with E-state index < -0.39 is 53.0 Å². The fourth-order valence-electron chi connectivity index (χ4n) is 6.70. The molecule has 250 valence electrons. The van der Waals surface area contributed by atoms with E-state index in [1.807, 2.05) is 63.2 Å². The Labute approximate surface area is 276 Å². The SMILES string of the molecule is COC(=O)c1coc(-c2nc3oc2C24c5ccccc5NC2Oc2ccc(cc24)C[C@H](NC(=O)[C@@H](O)C(C)C)C(=O)N[C@H]3C(C)(C)C)n1. The minimum atomic E-state index is -1.30. The van der Waals surface area contributed by atoms with Gasteiger partial charge in [0.2, 0.25) is 23.6 Å². The van der Waals surface area contributed by atoms with Gasteiger partial charge in [0.05, 0.1) is 7.11 Å². The summed E-state index contributed by atoms with van der Waals surface area (Å²) in [5, 5.41) is 19.9. The highest BCUT2D eigenvalue weighted by Crippen LogP contribution is 2.59. The Hall–Kier alpha value is -5.17. The van der Waals surface area contributed by atoms with Crippen molar-refractivity contribution in [1.29, 1.82) is 0 Å². The minimum absolute atomic E-state index is 0.0178. The first kappa shape index (κ1) is 31.4. The second-order valence-electron chi connectivity index (χ2n) is 13.8. The fraction of sp³-hybridized carbons (Fsp3) is 0.400. The lowest BCUT2D eigenvalue weighted by atomic mass is 9.72. The summed E-state index contributed by atoms with van der Waals surface area (Å²) < 4.78 is 24.1. The maximum absolute atomic E-state index is 14.1. The van der Waals surface area contributed by atoms with Crippen molar-refractivity contribution < 1.29 is 37.8 Å². The second-order valence-corrected chi connectivity index (χ2v) is 13.8. The molecular weight excluding hydrogens is 618 g/mol. The van der Waals surface area contributed by atoms with Crippen LogP contribution in [0.3, 0.4) is 0 Å². The van der Waals surface area contributed by atoms with Crippen molar-refractivity contribution in [3.8, 4) is 17.3 Å². The van der Waals surface area contributed by atoms with E-state index in [1.54, 1.807) is 13.8 Å². The third-order valence-corrected chi connectivity index (χ3v) is 9.22. The molecule has 4 aromatic rings. The molecule has 0 saturated heterocycles. The topological polar surface area (TPSA) is 178 Å². The number of nitrogens with one attached hydrogen (secondary N) is 3. The van der Waals surface area contributed by atoms with Crippen molar-refractivity contribution in [2.45, 2.75) is 70.9 Å². The summed E-state index contributed by atoms with van der Waals surface area (Å²) >= 11 is 0. The van der Waals surface area contributed by atoms with Crippen molar-refractivity contribution in [1.82, 2.24) is 20.6 Å². The number of hydrogen-bond acceptors (Lipinski definition) is 11. The molecule has 13 nitrogen and oxygen atoms in total. The number of para-hydroxylation sites is 1. The molecule has 3 aliphatic heterocycles. The first-order chi connectivity index (χ1) is 22.8. The molecule has 5 heterocycles. The van der Waals surface area contributed by atoms with Crippen molar-refractivity contribution in [3.05, 3.63) is 82.8 Å². The largest absolute Gasteiger partial charge is 0.469 e. The number of carbonyl (C=O) groups is 3. The van der Waals surface area contributed by atoms with Crippen molar-refractivity contribution >= 4 is 23.5 Å². The summed E-state index contributed by atoms with van der Waals surface area (Å²) in [5.74, 6) is -1.06. The number of hydrogen-bond donors (Lipinski definition) is 4. The van der Waals surface area contributed by atoms with E-state index in [-0.39, 0.29) is 35.5 Å². The highest BCUT2D eigenvalue weighted by molar-refractivity contribution is 5.90. The summed E-state index contributed by atoms with van der Waals surface area (Å²) in [6, 6.07) is 11.6.